The van der Waals surface area contributed by atoms with E-state index in [1.165, 1.54) is 11.1 Å². The van der Waals surface area contributed by atoms with E-state index in [0.717, 1.165) is 58.0 Å². The molecule has 1 amide bonds. The van der Waals surface area contributed by atoms with Crippen LogP contribution in [0, 0.1) is 13.8 Å². The third-order valence-electron chi connectivity index (χ3n) is 7.18. The number of nitrogens with one attached hydrogen (secondary N) is 1. The number of aromatic nitrogens is 5. The molecule has 170 valence electrons. The molecule has 0 aliphatic carbocycles. The fourth-order valence-electron chi connectivity index (χ4n) is 5.50. The number of fused-ring (bicyclic) bond motifs is 4. The van der Waals surface area contributed by atoms with Crippen LogP contribution in [0.25, 0.3) is 27.9 Å². The van der Waals surface area contributed by atoms with Crippen LogP contribution in [0.15, 0.2) is 18.6 Å². The van der Waals surface area contributed by atoms with Gasteiger partial charge in [-0.1, -0.05) is 13.8 Å². The van der Waals surface area contributed by atoms with Gasteiger partial charge in [0.25, 0.3) is 0 Å². The fourth-order valence-corrected chi connectivity index (χ4v) is 5.50. The third kappa shape index (κ3) is 2.81. The zero-order valence-corrected chi connectivity index (χ0v) is 19.3. The molecular weight excluding hydrogens is 418 g/mol. The standard InChI is InChI=1S/C24H27N7O2/c1-12(2)19-20(15-6-31-23(26-11-27-31)14(4)13(15)3)28-16-5-17-22(29-21(16)19)24(10-33-17)8-30(9-24)7-18(25)32/h5-6,11-12,28H,7-10H2,1-4H3,(H2,25,32). The molecule has 33 heavy (non-hydrogen) atoms. The highest BCUT2D eigenvalue weighted by molar-refractivity contribution is 5.91. The molecular formula is C24H27N7O2. The van der Waals surface area contributed by atoms with Crippen molar-refractivity contribution in [2.75, 3.05) is 26.2 Å². The molecule has 6 heterocycles. The average Bonchev–Trinajstić information content (AvgIpc) is 3.43. The van der Waals surface area contributed by atoms with Gasteiger partial charge >= 0.3 is 0 Å². The molecule has 3 N–H and O–H groups in total. The lowest BCUT2D eigenvalue weighted by molar-refractivity contribution is -0.121. The molecule has 1 spiro atoms. The number of rotatable bonds is 4. The topological polar surface area (TPSA) is 114 Å². The largest absolute Gasteiger partial charge is 0.490 e. The number of pyridine rings is 2. The van der Waals surface area contributed by atoms with Crippen LogP contribution in [-0.2, 0) is 10.2 Å². The van der Waals surface area contributed by atoms with E-state index < -0.39 is 0 Å². The van der Waals surface area contributed by atoms with E-state index >= 15 is 0 Å². The minimum absolute atomic E-state index is 0.170. The highest BCUT2D eigenvalue weighted by Crippen LogP contribution is 2.46. The van der Waals surface area contributed by atoms with Gasteiger partial charge in [-0.05, 0) is 30.9 Å². The van der Waals surface area contributed by atoms with Gasteiger partial charge < -0.3 is 15.5 Å². The second kappa shape index (κ2) is 6.77. The number of nitrogens with two attached hydrogens (primary N) is 1. The lowest BCUT2D eigenvalue weighted by atomic mass is 9.78. The average molecular weight is 446 g/mol. The molecule has 9 nitrogen and oxygen atoms in total. The molecule has 2 aliphatic heterocycles. The van der Waals surface area contributed by atoms with Crippen molar-refractivity contribution in [1.82, 2.24) is 29.5 Å². The number of aromatic amines is 1. The number of likely N-dealkylation sites (tertiary alicyclic amines) is 1. The van der Waals surface area contributed by atoms with Crippen molar-refractivity contribution in [3.63, 3.8) is 0 Å². The van der Waals surface area contributed by atoms with Crippen molar-refractivity contribution in [2.45, 2.75) is 39.0 Å². The minimum Gasteiger partial charge on any atom is -0.490 e. The van der Waals surface area contributed by atoms with Gasteiger partial charge in [0.2, 0.25) is 5.91 Å². The number of nitrogens with zero attached hydrogens (tertiary/aromatic N) is 5. The maximum atomic E-state index is 11.3. The molecule has 9 heteroatoms. The maximum absolute atomic E-state index is 11.3. The van der Waals surface area contributed by atoms with Crippen molar-refractivity contribution in [3.8, 4) is 17.0 Å². The summed E-state index contributed by atoms with van der Waals surface area (Å²) < 4.78 is 7.91. The first kappa shape index (κ1) is 20.2. The Labute approximate surface area is 191 Å². The fraction of sp³-hybridized carbons (Fsp3) is 0.417. The van der Waals surface area contributed by atoms with Gasteiger partial charge in [0.1, 0.15) is 18.7 Å². The highest BCUT2D eigenvalue weighted by atomic mass is 16.5. The van der Waals surface area contributed by atoms with E-state index in [-0.39, 0.29) is 23.8 Å². The number of primary amides is 1. The lowest BCUT2D eigenvalue weighted by Crippen LogP contribution is -2.62. The Bertz CT molecular complexity index is 1440. The van der Waals surface area contributed by atoms with E-state index in [2.05, 4.69) is 53.7 Å². The van der Waals surface area contributed by atoms with Crippen LogP contribution in [0.2, 0.25) is 0 Å². The molecule has 1 fully saturated rings. The lowest BCUT2D eigenvalue weighted by Gasteiger charge is -2.45. The Morgan fingerprint density at radius 2 is 2.09 bits per heavy atom. The first-order valence-electron chi connectivity index (χ1n) is 11.3. The number of hydrogen-bond acceptors (Lipinski definition) is 6. The second-order valence-corrected chi connectivity index (χ2v) is 9.80. The summed E-state index contributed by atoms with van der Waals surface area (Å²) in [7, 11) is 0. The maximum Gasteiger partial charge on any atom is 0.231 e. The van der Waals surface area contributed by atoms with E-state index in [9.17, 15) is 4.79 Å². The van der Waals surface area contributed by atoms with Gasteiger partial charge in [-0.3, -0.25) is 9.69 Å². The minimum atomic E-state index is -0.306. The summed E-state index contributed by atoms with van der Waals surface area (Å²) in [5, 5.41) is 4.37. The Balaban J connectivity index is 1.51. The molecule has 6 rings (SSSR count). The number of aryl methyl sites for hydroxylation is 1. The summed E-state index contributed by atoms with van der Waals surface area (Å²) in [4.78, 5) is 26.6. The molecule has 2 aliphatic rings. The Kier molecular flexibility index (Phi) is 4.14. The first-order valence-corrected chi connectivity index (χ1v) is 11.3. The van der Waals surface area contributed by atoms with Gasteiger partial charge in [0.05, 0.1) is 34.4 Å². The predicted molar refractivity (Wildman–Crippen MR) is 124 cm³/mol. The molecule has 1 saturated heterocycles. The normalized spacial score (nSPS) is 17.1. The van der Waals surface area contributed by atoms with Crippen molar-refractivity contribution < 1.29 is 9.53 Å². The monoisotopic (exact) mass is 445 g/mol. The molecule has 0 radical (unpaired) electrons. The molecule has 0 atom stereocenters. The van der Waals surface area contributed by atoms with Crippen LogP contribution in [0.3, 0.4) is 0 Å². The summed E-state index contributed by atoms with van der Waals surface area (Å²) in [5.41, 5.74) is 14.6. The van der Waals surface area contributed by atoms with Gasteiger partial charge in [-0.2, -0.15) is 5.10 Å². The van der Waals surface area contributed by atoms with E-state index in [4.69, 9.17) is 15.5 Å². The van der Waals surface area contributed by atoms with Crippen molar-refractivity contribution in [3.05, 3.63) is 41.0 Å². The van der Waals surface area contributed by atoms with Crippen LogP contribution < -0.4 is 10.5 Å². The van der Waals surface area contributed by atoms with E-state index in [1.807, 2.05) is 10.7 Å². The summed E-state index contributed by atoms with van der Waals surface area (Å²) >= 11 is 0. The Morgan fingerprint density at radius 1 is 1.30 bits per heavy atom. The number of ether oxygens (including phenoxy) is 1. The number of amides is 1. The summed E-state index contributed by atoms with van der Waals surface area (Å²) in [6.45, 7) is 10.9. The van der Waals surface area contributed by atoms with Crippen molar-refractivity contribution in [1.29, 1.82) is 0 Å². The van der Waals surface area contributed by atoms with Gasteiger partial charge in [-0.15, -0.1) is 0 Å². The van der Waals surface area contributed by atoms with Crippen molar-refractivity contribution >= 4 is 22.6 Å². The zero-order chi connectivity index (χ0) is 23.1. The number of H-pyrrole nitrogens is 1. The smallest absolute Gasteiger partial charge is 0.231 e. The molecule has 0 bridgehead atoms. The van der Waals surface area contributed by atoms with Gasteiger partial charge in [0, 0.05) is 36.5 Å². The highest BCUT2D eigenvalue weighted by Gasteiger charge is 2.52. The van der Waals surface area contributed by atoms with E-state index in [1.54, 1.807) is 6.33 Å². The van der Waals surface area contributed by atoms with Gasteiger partial charge in [0.15, 0.2) is 5.65 Å². The molecule has 0 unspecified atom stereocenters. The molecule has 0 saturated carbocycles. The number of carbonyl (C=O) groups is 1. The molecule has 0 aromatic carbocycles. The second-order valence-electron chi connectivity index (χ2n) is 9.80. The Hall–Kier alpha value is -3.46. The summed E-state index contributed by atoms with van der Waals surface area (Å²) in [6, 6.07) is 2.08. The summed E-state index contributed by atoms with van der Waals surface area (Å²) in [5.74, 6) is 0.778. The van der Waals surface area contributed by atoms with Crippen LogP contribution in [0.5, 0.6) is 5.75 Å². The predicted octanol–water partition coefficient (Wildman–Crippen LogP) is 2.44. The molecule has 4 aromatic rings. The third-order valence-corrected chi connectivity index (χ3v) is 7.18. The number of carbonyl (C=O) groups excluding carboxylic acids is 1. The quantitative estimate of drug-likeness (QED) is 0.499. The van der Waals surface area contributed by atoms with Crippen molar-refractivity contribution in [2.24, 2.45) is 5.73 Å². The van der Waals surface area contributed by atoms with Crippen LogP contribution >= 0.6 is 0 Å². The Morgan fingerprint density at radius 3 is 2.82 bits per heavy atom. The zero-order valence-electron chi connectivity index (χ0n) is 19.3. The van der Waals surface area contributed by atoms with E-state index in [0.29, 0.717) is 6.61 Å². The SMILES string of the molecule is Cc1c(-c2[nH]c3cc4c(nc3c2C(C)C)C2(CO4)CN(CC(N)=O)C2)cn2ncnc2c1C. The summed E-state index contributed by atoms with van der Waals surface area (Å²) in [6.07, 6.45) is 3.63. The van der Waals surface area contributed by atoms with Crippen LogP contribution in [-0.4, -0.2) is 61.6 Å². The van der Waals surface area contributed by atoms with Gasteiger partial charge in [-0.25, -0.2) is 14.5 Å². The van der Waals surface area contributed by atoms with Crippen LogP contribution in [0.4, 0.5) is 0 Å². The van der Waals surface area contributed by atoms with Crippen LogP contribution in [0.1, 0.15) is 42.1 Å². The first-order chi connectivity index (χ1) is 15.8. The molecule has 4 aromatic heterocycles. The number of hydrogen-bond donors (Lipinski definition) is 2.